The highest BCUT2D eigenvalue weighted by Crippen LogP contribution is 2.39. The third kappa shape index (κ3) is 7.16. The molecule has 0 bridgehead atoms. The third-order valence-corrected chi connectivity index (χ3v) is 11.0. The lowest BCUT2D eigenvalue weighted by atomic mass is 9.86. The van der Waals surface area contributed by atoms with Gasteiger partial charge in [-0.2, -0.15) is 0 Å². The van der Waals surface area contributed by atoms with Crippen LogP contribution in [0.2, 0.25) is 0 Å². The lowest BCUT2D eigenvalue weighted by Gasteiger charge is -2.19. The number of ether oxygens (including phenoxy) is 1. The van der Waals surface area contributed by atoms with Gasteiger partial charge < -0.3 is 4.74 Å². The summed E-state index contributed by atoms with van der Waals surface area (Å²) in [5, 5.41) is 2.18. The van der Waals surface area contributed by atoms with Crippen molar-refractivity contribution in [2.24, 2.45) is 5.92 Å². The van der Waals surface area contributed by atoms with Crippen LogP contribution in [0.5, 0.6) is 11.5 Å². The lowest BCUT2D eigenvalue weighted by Crippen LogP contribution is -2.31. The van der Waals surface area contributed by atoms with Gasteiger partial charge in [-0.15, -0.1) is 0 Å². The zero-order chi connectivity index (χ0) is 50.4. The molecule has 10 aromatic rings. The van der Waals surface area contributed by atoms with E-state index >= 15 is 0 Å². The first-order chi connectivity index (χ1) is 33.8. The fourth-order valence-corrected chi connectivity index (χ4v) is 8.16. The molecule has 10 rings (SSSR count). The predicted octanol–water partition coefficient (Wildman–Crippen LogP) is 13.8. The molecule has 0 unspecified atom stereocenters. The Morgan fingerprint density at radius 1 is 0.672 bits per heavy atom. The second-order valence-electron chi connectivity index (χ2n) is 16.7. The average molecular weight is 803 g/mol. The first kappa shape index (κ1) is 28.3. The van der Waals surface area contributed by atoms with E-state index < -0.39 is 60.4 Å². The quantitative estimate of drug-likeness (QED) is 0.108. The number of benzene rings is 7. The van der Waals surface area contributed by atoms with Crippen molar-refractivity contribution in [3.8, 4) is 50.9 Å². The third-order valence-electron chi connectivity index (χ3n) is 11.0. The number of hydrogen-bond acceptors (Lipinski definition) is 2. The van der Waals surface area contributed by atoms with Gasteiger partial charge in [0, 0.05) is 23.0 Å². The van der Waals surface area contributed by atoms with E-state index in [-0.39, 0.29) is 33.4 Å². The van der Waals surface area contributed by atoms with Crippen LogP contribution < -0.4 is 9.30 Å². The number of para-hydroxylation sites is 3. The van der Waals surface area contributed by atoms with E-state index in [4.69, 9.17) is 23.4 Å². The molecule has 0 N–H and O–H groups in total. The Morgan fingerprint density at radius 2 is 1.38 bits per heavy atom. The summed E-state index contributed by atoms with van der Waals surface area (Å²) < 4.78 is 99.4. The second-order valence-corrected chi connectivity index (χ2v) is 16.7. The van der Waals surface area contributed by atoms with Crippen molar-refractivity contribution in [3.05, 3.63) is 199 Å². The zero-order valence-corrected chi connectivity index (χ0v) is 34.5. The smallest absolute Gasteiger partial charge is 0.269 e. The minimum atomic E-state index is -0.564. The van der Waals surface area contributed by atoms with Gasteiger partial charge in [-0.05, 0) is 106 Å². The Kier molecular flexibility index (Phi) is 7.14. The maximum Gasteiger partial charge on any atom is 0.269 e. The molecule has 0 aliphatic heterocycles. The molecule has 5 nitrogen and oxygen atoms in total. The summed E-state index contributed by atoms with van der Waals surface area (Å²) >= 11 is 0. The summed E-state index contributed by atoms with van der Waals surface area (Å²) in [5.41, 5.74) is 6.45. The first-order valence-electron chi connectivity index (χ1n) is 25.4. The molecule has 0 radical (unpaired) electrons. The zero-order valence-electron chi connectivity index (χ0n) is 44.5. The number of pyridine rings is 1. The Bertz CT molecular complexity index is 3670. The van der Waals surface area contributed by atoms with Gasteiger partial charge in [-0.3, -0.25) is 13.7 Å². The Hall–Kier alpha value is -7.24. The van der Waals surface area contributed by atoms with Crippen molar-refractivity contribution in [1.82, 2.24) is 14.1 Å². The highest BCUT2D eigenvalue weighted by molar-refractivity contribution is 6.09. The highest BCUT2D eigenvalue weighted by Gasteiger charge is 2.22. The number of nitrogens with zero attached hydrogens (tertiary/aromatic N) is 4. The normalized spacial score (nSPS) is 14.2. The second kappa shape index (κ2) is 15.4. The molecule has 0 saturated heterocycles. The summed E-state index contributed by atoms with van der Waals surface area (Å²) in [4.78, 5) is 4.88. The Morgan fingerprint density at radius 3 is 2.10 bits per heavy atom. The SMILES string of the molecule is [2H]c1c([2H])c([2H])c(-c2cccc(-c3c([2H])c([2H])c([2H])c([2H])c3[2H])c2-[n+]2[c-]n(-c3cccc(Oc4ccc5c6cc(C(C)(C)C)ccc6n(-c6cc(CC(C)C)ccn6)c5c4)c3)c3ccccc32)c([2H])c1[2H]. The van der Waals surface area contributed by atoms with Crippen molar-refractivity contribution in [2.75, 3.05) is 0 Å². The number of imidazole rings is 1. The molecule has 0 fully saturated rings. The van der Waals surface area contributed by atoms with Crippen molar-refractivity contribution in [3.63, 3.8) is 0 Å². The van der Waals surface area contributed by atoms with Crippen molar-refractivity contribution < 1.29 is 23.0 Å². The molecule has 0 saturated carbocycles. The van der Waals surface area contributed by atoms with Gasteiger partial charge in [-0.1, -0.05) is 150 Å². The van der Waals surface area contributed by atoms with E-state index in [0.717, 1.165) is 34.0 Å². The molecule has 0 aliphatic rings. The van der Waals surface area contributed by atoms with Crippen LogP contribution in [0.1, 0.15) is 59.5 Å². The van der Waals surface area contributed by atoms with E-state index in [1.165, 1.54) is 11.1 Å². The molecular weight excluding hydrogens is 745 g/mol. The molecule has 3 heterocycles. The largest absolute Gasteiger partial charge is 0.458 e. The van der Waals surface area contributed by atoms with Crippen LogP contribution in [0.25, 0.3) is 72.3 Å². The van der Waals surface area contributed by atoms with Crippen LogP contribution in [0, 0.1) is 12.2 Å². The first-order valence-corrected chi connectivity index (χ1v) is 20.4. The van der Waals surface area contributed by atoms with Crippen LogP contribution in [0.4, 0.5) is 0 Å². The molecule has 3 aromatic heterocycles. The summed E-state index contributed by atoms with van der Waals surface area (Å²) in [7, 11) is 0. The average Bonchev–Trinajstić information content (AvgIpc) is 3.89. The molecule has 298 valence electrons. The van der Waals surface area contributed by atoms with Crippen LogP contribution in [0.3, 0.4) is 0 Å². The van der Waals surface area contributed by atoms with E-state index in [9.17, 15) is 0 Å². The topological polar surface area (TPSA) is 35.9 Å². The molecule has 5 heteroatoms. The maximum absolute atomic E-state index is 9.02. The summed E-state index contributed by atoms with van der Waals surface area (Å²) in [6.45, 7) is 11.1. The molecule has 7 aromatic carbocycles. The number of rotatable bonds is 9. The molecule has 61 heavy (non-hydrogen) atoms. The standard InChI is InChI=1S/C56H48N4O/c1-38(2)32-39-30-31-57-54(33-39)60-50-29-26-42(56(3,4)5)34-49(50)48-28-27-45(36-53(48)60)61-44-21-14-20-43(35-44)58-37-59(52-25-13-12-24-51(52)58)55-46(40-16-8-6-9-17-40)22-15-23-47(55)41-18-10-7-11-19-41/h6-31,33-36,38H,32H2,1-5H3/i6D,7D,8D,9D,10D,11D,16D,17D,18D,19D. The van der Waals surface area contributed by atoms with E-state index in [2.05, 4.69) is 81.9 Å². The lowest BCUT2D eigenvalue weighted by molar-refractivity contribution is -0.571. The fraction of sp³-hybridized carbons (Fsp3) is 0.143. The maximum atomic E-state index is 9.02. The minimum absolute atomic E-state index is 0.0613. The van der Waals surface area contributed by atoms with Gasteiger partial charge in [0.2, 0.25) is 0 Å². The summed E-state index contributed by atoms with van der Waals surface area (Å²) in [5.74, 6) is 2.41. The molecule has 0 spiro atoms. The number of fused-ring (bicyclic) bond motifs is 4. The van der Waals surface area contributed by atoms with Crippen LogP contribution in [0.15, 0.2) is 182 Å². The molecular formula is C56H48N4O. The van der Waals surface area contributed by atoms with Gasteiger partial charge >= 0.3 is 0 Å². The van der Waals surface area contributed by atoms with E-state index in [0.29, 0.717) is 34.1 Å². The van der Waals surface area contributed by atoms with Crippen molar-refractivity contribution in [1.29, 1.82) is 0 Å². The summed E-state index contributed by atoms with van der Waals surface area (Å²) in [6.07, 6.45) is 6.24. The van der Waals surface area contributed by atoms with Crippen LogP contribution in [-0.4, -0.2) is 14.1 Å². The molecule has 0 atom stereocenters. The molecule has 0 amide bonds. The van der Waals surface area contributed by atoms with Crippen molar-refractivity contribution >= 4 is 32.8 Å². The van der Waals surface area contributed by atoms with Gasteiger partial charge in [0.15, 0.2) is 0 Å². The number of aromatic nitrogens is 4. The summed E-state index contributed by atoms with van der Waals surface area (Å²) in [6, 6.07) is 31.5. The Balaban J connectivity index is 1.14. The highest BCUT2D eigenvalue weighted by atomic mass is 16.5. The van der Waals surface area contributed by atoms with E-state index in [1.54, 1.807) is 27.3 Å². The van der Waals surface area contributed by atoms with Crippen LogP contribution >= 0.6 is 0 Å². The van der Waals surface area contributed by atoms with Gasteiger partial charge in [-0.25, -0.2) is 4.98 Å². The van der Waals surface area contributed by atoms with E-state index in [1.807, 2.05) is 66.9 Å². The monoisotopic (exact) mass is 802 g/mol. The Labute approximate surface area is 371 Å². The van der Waals surface area contributed by atoms with Gasteiger partial charge in [0.25, 0.3) is 6.33 Å². The van der Waals surface area contributed by atoms with Crippen molar-refractivity contribution in [2.45, 2.75) is 46.5 Å². The van der Waals surface area contributed by atoms with Gasteiger partial charge in [0.1, 0.15) is 17.3 Å². The molecule has 0 aliphatic carbocycles. The minimum Gasteiger partial charge on any atom is -0.458 e. The van der Waals surface area contributed by atoms with Crippen LogP contribution in [-0.2, 0) is 11.8 Å². The fourth-order valence-electron chi connectivity index (χ4n) is 8.16. The predicted molar refractivity (Wildman–Crippen MR) is 250 cm³/mol. The van der Waals surface area contributed by atoms with Gasteiger partial charge in [0.05, 0.1) is 47.1 Å². The number of hydrogen-bond donors (Lipinski definition) is 0.